The molecule has 3 aromatic rings. The summed E-state index contributed by atoms with van der Waals surface area (Å²) in [6, 6.07) is 9.36. The van der Waals surface area contributed by atoms with Gasteiger partial charge in [0.15, 0.2) is 0 Å². The molecule has 0 radical (unpaired) electrons. The highest BCUT2D eigenvalue weighted by atomic mass is 35.5. The van der Waals surface area contributed by atoms with Crippen molar-refractivity contribution in [1.29, 1.82) is 0 Å². The first-order chi connectivity index (χ1) is 15.4. The average molecular weight is 479 g/mol. The van der Waals surface area contributed by atoms with Crippen LogP contribution in [0.5, 0.6) is 0 Å². The van der Waals surface area contributed by atoms with Crippen molar-refractivity contribution in [2.75, 3.05) is 39.4 Å². The standard InChI is InChI=1S/C23H25Cl2FN4O2/c1-15(23(31)27-6-7-29-8-10-32-11-9-29)30-21-14-18(25)17(24)13-20(21)28-22(30)12-16-4-2-3-5-19(16)26/h2-5,13-15H,6-12H2,1H3,(H,27,31)/t15-/m0/s1. The lowest BCUT2D eigenvalue weighted by atomic mass is 10.1. The molecular formula is C23H25Cl2FN4O2. The zero-order valence-electron chi connectivity index (χ0n) is 17.8. The fourth-order valence-corrected chi connectivity index (χ4v) is 4.25. The summed E-state index contributed by atoms with van der Waals surface area (Å²) in [5.41, 5.74) is 1.79. The first kappa shape index (κ1) is 23.0. The number of amides is 1. The first-order valence-electron chi connectivity index (χ1n) is 10.6. The van der Waals surface area contributed by atoms with Crippen molar-refractivity contribution in [1.82, 2.24) is 19.8 Å². The van der Waals surface area contributed by atoms with Crippen LogP contribution < -0.4 is 5.32 Å². The Bertz CT molecular complexity index is 1110. The number of ether oxygens (including phenoxy) is 1. The number of hydrogen-bond acceptors (Lipinski definition) is 4. The van der Waals surface area contributed by atoms with E-state index in [9.17, 15) is 9.18 Å². The number of imidazole rings is 1. The molecule has 2 aromatic carbocycles. The number of benzene rings is 2. The van der Waals surface area contributed by atoms with Crippen LogP contribution in [0.2, 0.25) is 10.0 Å². The molecule has 0 aliphatic carbocycles. The van der Waals surface area contributed by atoms with Crippen LogP contribution in [0.4, 0.5) is 4.39 Å². The summed E-state index contributed by atoms with van der Waals surface area (Å²) in [4.78, 5) is 19.9. The first-order valence-corrected chi connectivity index (χ1v) is 11.4. The highest BCUT2D eigenvalue weighted by molar-refractivity contribution is 6.42. The van der Waals surface area contributed by atoms with Crippen molar-refractivity contribution in [2.45, 2.75) is 19.4 Å². The summed E-state index contributed by atoms with van der Waals surface area (Å²) in [6.07, 6.45) is 0.238. The molecule has 170 valence electrons. The molecule has 6 nitrogen and oxygen atoms in total. The van der Waals surface area contributed by atoms with E-state index in [2.05, 4.69) is 15.2 Å². The number of halogens is 3. The van der Waals surface area contributed by atoms with E-state index in [1.807, 2.05) is 4.57 Å². The van der Waals surface area contributed by atoms with Crippen LogP contribution in [0.15, 0.2) is 36.4 Å². The molecule has 0 spiro atoms. The minimum Gasteiger partial charge on any atom is -0.379 e. The number of nitrogens with zero attached hydrogens (tertiary/aromatic N) is 3. The molecule has 32 heavy (non-hydrogen) atoms. The van der Waals surface area contributed by atoms with Gasteiger partial charge in [0.2, 0.25) is 5.91 Å². The molecule has 1 saturated heterocycles. The normalized spacial score (nSPS) is 15.8. The van der Waals surface area contributed by atoms with Crippen LogP contribution in [0.25, 0.3) is 11.0 Å². The number of carbonyl (C=O) groups excluding carboxylic acids is 1. The topological polar surface area (TPSA) is 59.4 Å². The molecule has 2 heterocycles. The predicted octanol–water partition coefficient (Wildman–Crippen LogP) is 4.08. The molecule has 0 saturated carbocycles. The van der Waals surface area contributed by atoms with E-state index < -0.39 is 6.04 Å². The largest absolute Gasteiger partial charge is 0.379 e. The third-order valence-corrected chi connectivity index (χ3v) is 6.43. The Balaban J connectivity index is 1.59. The van der Waals surface area contributed by atoms with E-state index in [-0.39, 0.29) is 18.1 Å². The number of nitrogens with one attached hydrogen (secondary N) is 1. The summed E-state index contributed by atoms with van der Waals surface area (Å²) in [5.74, 6) is 0.113. The Labute approximate surface area is 196 Å². The number of rotatable bonds is 7. The van der Waals surface area contributed by atoms with Crippen LogP contribution in [0.1, 0.15) is 24.4 Å². The average Bonchev–Trinajstić information content (AvgIpc) is 3.12. The van der Waals surface area contributed by atoms with Crippen molar-refractivity contribution in [3.8, 4) is 0 Å². The van der Waals surface area contributed by atoms with E-state index in [4.69, 9.17) is 27.9 Å². The molecule has 1 atom stereocenters. The monoisotopic (exact) mass is 478 g/mol. The maximum absolute atomic E-state index is 14.3. The summed E-state index contributed by atoms with van der Waals surface area (Å²) < 4.78 is 21.5. The van der Waals surface area contributed by atoms with Gasteiger partial charge in [0.1, 0.15) is 17.7 Å². The second-order valence-corrected chi connectivity index (χ2v) is 8.66. The SMILES string of the molecule is C[C@@H](C(=O)NCCN1CCOCC1)n1c(Cc2ccccc2F)nc2cc(Cl)c(Cl)cc21. The maximum atomic E-state index is 14.3. The fourth-order valence-electron chi connectivity index (χ4n) is 3.94. The van der Waals surface area contributed by atoms with E-state index in [0.717, 1.165) is 19.6 Å². The van der Waals surface area contributed by atoms with Gasteiger partial charge < -0.3 is 14.6 Å². The summed E-state index contributed by atoms with van der Waals surface area (Å²) in [6.45, 7) is 6.26. The van der Waals surface area contributed by atoms with Crippen molar-refractivity contribution in [2.24, 2.45) is 0 Å². The maximum Gasteiger partial charge on any atom is 0.242 e. The number of hydrogen-bond donors (Lipinski definition) is 1. The van der Waals surface area contributed by atoms with Gasteiger partial charge in [-0.15, -0.1) is 0 Å². The van der Waals surface area contributed by atoms with E-state index >= 15 is 0 Å². The number of carbonyl (C=O) groups is 1. The summed E-state index contributed by atoms with van der Waals surface area (Å²) in [5, 5.41) is 3.76. The van der Waals surface area contributed by atoms with Gasteiger partial charge in [-0.1, -0.05) is 41.4 Å². The molecule has 1 fully saturated rings. The van der Waals surface area contributed by atoms with Gasteiger partial charge in [-0.05, 0) is 30.7 Å². The highest BCUT2D eigenvalue weighted by Gasteiger charge is 2.23. The zero-order chi connectivity index (χ0) is 22.7. The predicted molar refractivity (Wildman–Crippen MR) is 124 cm³/mol. The second kappa shape index (κ2) is 10.2. The van der Waals surface area contributed by atoms with Crippen LogP contribution >= 0.6 is 23.2 Å². The second-order valence-electron chi connectivity index (χ2n) is 7.84. The van der Waals surface area contributed by atoms with Gasteiger partial charge in [-0.25, -0.2) is 9.37 Å². The van der Waals surface area contributed by atoms with Crippen LogP contribution in [0, 0.1) is 5.82 Å². The van der Waals surface area contributed by atoms with Crippen LogP contribution in [0.3, 0.4) is 0 Å². The lowest BCUT2D eigenvalue weighted by Crippen LogP contribution is -2.42. The minimum absolute atomic E-state index is 0.140. The van der Waals surface area contributed by atoms with Gasteiger partial charge in [0.05, 0.1) is 34.3 Å². The van der Waals surface area contributed by atoms with Crippen LogP contribution in [-0.4, -0.2) is 59.8 Å². The van der Waals surface area contributed by atoms with E-state index in [1.165, 1.54) is 6.07 Å². The molecule has 9 heteroatoms. The number of morpholine rings is 1. The third kappa shape index (κ3) is 5.07. The molecular weight excluding hydrogens is 454 g/mol. The molecule has 0 bridgehead atoms. The summed E-state index contributed by atoms with van der Waals surface area (Å²) >= 11 is 12.4. The summed E-state index contributed by atoms with van der Waals surface area (Å²) in [7, 11) is 0. The van der Waals surface area contributed by atoms with E-state index in [0.29, 0.717) is 52.2 Å². The lowest BCUT2D eigenvalue weighted by molar-refractivity contribution is -0.123. The molecule has 1 N–H and O–H groups in total. The Morgan fingerprint density at radius 3 is 2.69 bits per heavy atom. The van der Waals surface area contributed by atoms with Crippen molar-refractivity contribution in [3.63, 3.8) is 0 Å². The molecule has 4 rings (SSSR count). The van der Waals surface area contributed by atoms with Crippen LogP contribution in [-0.2, 0) is 16.0 Å². The van der Waals surface area contributed by atoms with Crippen molar-refractivity contribution < 1.29 is 13.9 Å². The molecule has 1 aromatic heterocycles. The highest BCUT2D eigenvalue weighted by Crippen LogP contribution is 2.31. The van der Waals surface area contributed by atoms with Gasteiger partial charge in [-0.2, -0.15) is 0 Å². The lowest BCUT2D eigenvalue weighted by Gasteiger charge is -2.26. The van der Waals surface area contributed by atoms with Gasteiger partial charge in [0.25, 0.3) is 0 Å². The van der Waals surface area contributed by atoms with E-state index in [1.54, 1.807) is 37.3 Å². The number of fused-ring (bicyclic) bond motifs is 1. The minimum atomic E-state index is -0.566. The quantitative estimate of drug-likeness (QED) is 0.555. The van der Waals surface area contributed by atoms with Gasteiger partial charge in [0, 0.05) is 32.6 Å². The molecule has 1 amide bonds. The Morgan fingerprint density at radius 2 is 1.94 bits per heavy atom. The Morgan fingerprint density at radius 1 is 1.22 bits per heavy atom. The molecule has 1 aliphatic rings. The zero-order valence-corrected chi connectivity index (χ0v) is 19.3. The fraction of sp³-hybridized carbons (Fsp3) is 0.391. The van der Waals surface area contributed by atoms with Gasteiger partial charge in [-0.3, -0.25) is 9.69 Å². The Kier molecular flexibility index (Phi) is 7.30. The number of aromatic nitrogens is 2. The van der Waals surface area contributed by atoms with Crippen molar-refractivity contribution >= 4 is 40.1 Å². The van der Waals surface area contributed by atoms with Crippen molar-refractivity contribution in [3.05, 3.63) is 63.6 Å². The molecule has 1 aliphatic heterocycles. The van der Waals surface area contributed by atoms with Gasteiger partial charge >= 0.3 is 0 Å². The Hall–Kier alpha value is -2.19. The smallest absolute Gasteiger partial charge is 0.242 e. The third-order valence-electron chi connectivity index (χ3n) is 5.71. The molecule has 0 unspecified atom stereocenters.